The van der Waals surface area contributed by atoms with Crippen LogP contribution in [0, 0.1) is 5.92 Å². The van der Waals surface area contributed by atoms with Crippen molar-refractivity contribution in [2.24, 2.45) is 5.92 Å². The second kappa shape index (κ2) is 4.21. The lowest BCUT2D eigenvalue weighted by Gasteiger charge is -2.19. The fraction of sp³-hybridized carbons (Fsp3) is 1.00. The lowest BCUT2D eigenvalue weighted by Crippen LogP contribution is -2.39. The molecule has 0 heterocycles. The third-order valence-corrected chi connectivity index (χ3v) is 1.31. The molecule has 0 N–H and O–H groups in total. The topological polar surface area (TPSA) is 9.23 Å². The molecule has 0 unspecified atom stereocenters. The van der Waals surface area contributed by atoms with Gasteiger partial charge in [0.2, 0.25) is 0 Å². The molecule has 0 fully saturated rings. The smallest absolute Gasteiger partial charge is 0.313 e. The summed E-state index contributed by atoms with van der Waals surface area (Å²) < 4.78 is 62.0. The number of halogens is 5. The van der Waals surface area contributed by atoms with Crippen LogP contribution in [0.1, 0.15) is 20.3 Å². The molecule has 0 aliphatic carbocycles. The number of ether oxygens (including phenoxy) is 1. The molecular formula is C7H11F5O. The van der Waals surface area contributed by atoms with Crippen molar-refractivity contribution in [3.63, 3.8) is 0 Å². The maximum absolute atomic E-state index is 12.0. The average Bonchev–Trinajstić information content (AvgIpc) is 1.82. The highest BCUT2D eigenvalue weighted by Gasteiger charge is 2.59. The molecule has 0 atom stereocenters. The van der Waals surface area contributed by atoms with Crippen LogP contribution in [-0.4, -0.2) is 18.9 Å². The molecule has 13 heavy (non-hydrogen) atoms. The van der Waals surface area contributed by atoms with E-state index in [-0.39, 0.29) is 12.3 Å². The van der Waals surface area contributed by atoms with Crippen molar-refractivity contribution in [2.75, 3.05) is 6.61 Å². The maximum Gasteiger partial charge on any atom is 0.482 e. The minimum atomic E-state index is -5.62. The largest absolute Gasteiger partial charge is 0.482 e. The summed E-state index contributed by atoms with van der Waals surface area (Å²) in [5.41, 5.74) is 0. The van der Waals surface area contributed by atoms with Gasteiger partial charge in [0.05, 0.1) is 6.61 Å². The standard InChI is InChI=1S/C7H11F5O/c1-5(2)3-4-13-7(11,12)6(8,9)10/h5H,3-4H2,1-2H3. The Balaban J connectivity index is 3.90. The molecule has 0 amide bonds. The van der Waals surface area contributed by atoms with E-state index in [0.717, 1.165) is 0 Å². The van der Waals surface area contributed by atoms with E-state index in [4.69, 9.17) is 0 Å². The Hall–Kier alpha value is -0.390. The highest BCUT2D eigenvalue weighted by molar-refractivity contribution is 4.64. The first-order chi connectivity index (χ1) is 5.67. The first-order valence-corrected chi connectivity index (χ1v) is 3.75. The van der Waals surface area contributed by atoms with Gasteiger partial charge in [0, 0.05) is 0 Å². The van der Waals surface area contributed by atoms with E-state index in [0.29, 0.717) is 0 Å². The summed E-state index contributed by atoms with van der Waals surface area (Å²) in [6, 6.07) is 0. The lowest BCUT2D eigenvalue weighted by molar-refractivity contribution is -0.391. The third-order valence-electron chi connectivity index (χ3n) is 1.31. The van der Waals surface area contributed by atoms with E-state index in [1.165, 1.54) is 0 Å². The van der Waals surface area contributed by atoms with Crippen LogP contribution in [0.15, 0.2) is 0 Å². The molecule has 6 heteroatoms. The van der Waals surface area contributed by atoms with E-state index in [9.17, 15) is 22.0 Å². The monoisotopic (exact) mass is 206 g/mol. The molecule has 0 saturated carbocycles. The third kappa shape index (κ3) is 4.40. The second-order valence-corrected chi connectivity index (χ2v) is 3.05. The van der Waals surface area contributed by atoms with Crippen molar-refractivity contribution >= 4 is 0 Å². The number of hydrogen-bond donors (Lipinski definition) is 0. The van der Waals surface area contributed by atoms with Crippen LogP contribution in [0.3, 0.4) is 0 Å². The van der Waals surface area contributed by atoms with E-state index in [1.54, 1.807) is 13.8 Å². The SMILES string of the molecule is CC(C)CCOC(F)(F)C(F)(F)F. The molecule has 0 aromatic carbocycles. The second-order valence-electron chi connectivity index (χ2n) is 3.05. The van der Waals surface area contributed by atoms with Gasteiger partial charge in [-0.25, -0.2) is 0 Å². The molecule has 0 spiro atoms. The molecule has 0 aliphatic rings. The van der Waals surface area contributed by atoms with Gasteiger partial charge in [-0.05, 0) is 12.3 Å². The Labute approximate surface area is 72.9 Å². The van der Waals surface area contributed by atoms with Gasteiger partial charge in [-0.15, -0.1) is 0 Å². The predicted octanol–water partition coefficient (Wildman–Crippen LogP) is 3.20. The van der Waals surface area contributed by atoms with E-state index < -0.39 is 18.9 Å². The molecule has 0 aliphatic heterocycles. The molecule has 0 aromatic rings. The summed E-state index contributed by atoms with van der Waals surface area (Å²) in [4.78, 5) is 0. The molecule has 0 radical (unpaired) electrons. The van der Waals surface area contributed by atoms with Crippen LogP contribution in [0.25, 0.3) is 0 Å². The van der Waals surface area contributed by atoms with Crippen LogP contribution in [0.4, 0.5) is 22.0 Å². The predicted molar refractivity (Wildman–Crippen MR) is 36.4 cm³/mol. The summed E-state index contributed by atoms with van der Waals surface area (Å²) >= 11 is 0. The first kappa shape index (κ1) is 12.6. The van der Waals surface area contributed by atoms with Crippen LogP contribution in [0.2, 0.25) is 0 Å². The average molecular weight is 206 g/mol. The summed E-state index contributed by atoms with van der Waals surface area (Å²) in [7, 11) is 0. The highest BCUT2D eigenvalue weighted by atomic mass is 19.4. The van der Waals surface area contributed by atoms with Gasteiger partial charge >= 0.3 is 12.3 Å². The summed E-state index contributed by atoms with van der Waals surface area (Å²) in [5.74, 6) is 0.0315. The van der Waals surface area contributed by atoms with Gasteiger partial charge in [-0.1, -0.05) is 13.8 Å². The quantitative estimate of drug-likeness (QED) is 0.642. The van der Waals surface area contributed by atoms with Crippen molar-refractivity contribution in [1.82, 2.24) is 0 Å². The lowest BCUT2D eigenvalue weighted by atomic mass is 10.1. The van der Waals surface area contributed by atoms with Crippen LogP contribution in [0.5, 0.6) is 0 Å². The number of alkyl halides is 5. The number of rotatable bonds is 4. The highest BCUT2D eigenvalue weighted by Crippen LogP contribution is 2.36. The molecule has 0 saturated heterocycles. The molecule has 0 bridgehead atoms. The molecule has 80 valence electrons. The Morgan fingerprint density at radius 2 is 1.54 bits per heavy atom. The van der Waals surface area contributed by atoms with Gasteiger partial charge in [0.25, 0.3) is 0 Å². The minimum Gasteiger partial charge on any atom is -0.313 e. The van der Waals surface area contributed by atoms with Gasteiger partial charge in [0.15, 0.2) is 0 Å². The van der Waals surface area contributed by atoms with Crippen molar-refractivity contribution in [2.45, 2.75) is 32.6 Å². The number of hydrogen-bond acceptors (Lipinski definition) is 1. The maximum atomic E-state index is 12.0. The Morgan fingerprint density at radius 3 is 1.85 bits per heavy atom. The summed E-state index contributed by atoms with van der Waals surface area (Å²) in [5, 5.41) is 0. The van der Waals surface area contributed by atoms with Crippen molar-refractivity contribution < 1.29 is 26.7 Å². The van der Waals surface area contributed by atoms with Crippen LogP contribution in [-0.2, 0) is 4.74 Å². The van der Waals surface area contributed by atoms with Gasteiger partial charge < -0.3 is 4.74 Å². The zero-order chi connectivity index (χ0) is 10.7. The zero-order valence-corrected chi connectivity index (χ0v) is 7.29. The fourth-order valence-corrected chi connectivity index (χ4v) is 0.505. The van der Waals surface area contributed by atoms with Crippen molar-refractivity contribution in [1.29, 1.82) is 0 Å². The van der Waals surface area contributed by atoms with E-state index >= 15 is 0 Å². The van der Waals surface area contributed by atoms with Gasteiger partial charge in [-0.2, -0.15) is 22.0 Å². The van der Waals surface area contributed by atoms with Gasteiger partial charge in [0.1, 0.15) is 0 Å². The van der Waals surface area contributed by atoms with Gasteiger partial charge in [-0.3, -0.25) is 0 Å². The van der Waals surface area contributed by atoms with Crippen LogP contribution < -0.4 is 0 Å². The van der Waals surface area contributed by atoms with Crippen molar-refractivity contribution in [3.8, 4) is 0 Å². The first-order valence-electron chi connectivity index (χ1n) is 3.75. The Bertz CT molecular complexity index is 151. The fourth-order valence-electron chi connectivity index (χ4n) is 0.505. The molecule has 1 nitrogen and oxygen atoms in total. The van der Waals surface area contributed by atoms with E-state index in [1.807, 2.05) is 0 Å². The Kier molecular flexibility index (Phi) is 4.09. The van der Waals surface area contributed by atoms with Crippen LogP contribution >= 0.6 is 0 Å². The molecule has 0 aromatic heterocycles. The summed E-state index contributed by atoms with van der Waals surface area (Å²) in [6.45, 7) is 2.81. The zero-order valence-electron chi connectivity index (χ0n) is 7.29. The minimum absolute atomic E-state index is 0.0315. The Morgan fingerprint density at radius 1 is 1.08 bits per heavy atom. The molecular weight excluding hydrogens is 195 g/mol. The van der Waals surface area contributed by atoms with Crippen molar-refractivity contribution in [3.05, 3.63) is 0 Å². The summed E-state index contributed by atoms with van der Waals surface area (Å²) in [6.07, 6.45) is -10.5. The normalized spacial score (nSPS) is 13.8. The van der Waals surface area contributed by atoms with E-state index in [2.05, 4.69) is 4.74 Å². The molecule has 0 rings (SSSR count).